The van der Waals surface area contributed by atoms with Gasteiger partial charge in [0.2, 0.25) is 0 Å². The molecule has 3 atom stereocenters. The Morgan fingerprint density at radius 1 is 1.40 bits per heavy atom. The Bertz CT molecular complexity index is 432. The molecule has 1 aliphatic carbocycles. The molecule has 1 aromatic heterocycles. The minimum absolute atomic E-state index is 0.217. The first-order valence-corrected chi connectivity index (χ1v) is 7.77. The van der Waals surface area contributed by atoms with Crippen LogP contribution in [0.1, 0.15) is 44.4 Å². The Morgan fingerprint density at radius 3 is 2.65 bits per heavy atom. The predicted molar refractivity (Wildman–Crippen MR) is 74.3 cm³/mol. The van der Waals surface area contributed by atoms with Crippen LogP contribution in [-0.4, -0.2) is 12.7 Å². The van der Waals surface area contributed by atoms with Gasteiger partial charge in [0.1, 0.15) is 5.76 Å². The summed E-state index contributed by atoms with van der Waals surface area (Å²) in [5.74, 6) is -1.14. The summed E-state index contributed by atoms with van der Waals surface area (Å²) in [5.41, 5.74) is 0. The maximum Gasteiger partial charge on any atom is 0.392 e. The molecule has 1 N–H and O–H groups in total. The van der Waals surface area contributed by atoms with Crippen LogP contribution < -0.4 is 5.32 Å². The summed E-state index contributed by atoms with van der Waals surface area (Å²) in [6.45, 7) is 2.51. The standard InChI is InChI=1S/C14H19BrF3NO/c1-2-19-12(13-11(15)7-8-20-13)9-5-3-4-6-10(9)14(16,17)18/h7-10,12,19H,2-6H2,1H3. The second kappa shape index (κ2) is 6.52. The number of furan rings is 1. The molecule has 1 saturated carbocycles. The van der Waals surface area contributed by atoms with Gasteiger partial charge in [-0.3, -0.25) is 0 Å². The van der Waals surface area contributed by atoms with Gasteiger partial charge >= 0.3 is 6.18 Å². The average molecular weight is 354 g/mol. The van der Waals surface area contributed by atoms with Crippen LogP contribution in [0.5, 0.6) is 0 Å². The third kappa shape index (κ3) is 3.39. The lowest BCUT2D eigenvalue weighted by Gasteiger charge is -2.37. The molecular formula is C14H19BrF3NO. The molecule has 1 aliphatic rings. The van der Waals surface area contributed by atoms with Gasteiger partial charge < -0.3 is 9.73 Å². The summed E-state index contributed by atoms with van der Waals surface area (Å²) in [5, 5.41) is 3.17. The van der Waals surface area contributed by atoms with Crippen molar-refractivity contribution in [1.82, 2.24) is 5.32 Å². The van der Waals surface area contributed by atoms with Gasteiger partial charge in [0.05, 0.1) is 22.7 Å². The minimum Gasteiger partial charge on any atom is -0.466 e. The van der Waals surface area contributed by atoms with Crippen molar-refractivity contribution < 1.29 is 17.6 Å². The molecule has 20 heavy (non-hydrogen) atoms. The van der Waals surface area contributed by atoms with E-state index in [1.165, 1.54) is 6.26 Å². The second-order valence-electron chi connectivity index (χ2n) is 5.26. The Kier molecular flexibility index (Phi) is 5.18. The number of alkyl halides is 3. The SMILES string of the molecule is CCNC(c1occc1Br)C1CCCCC1C(F)(F)F. The molecule has 0 radical (unpaired) electrons. The molecule has 0 aromatic carbocycles. The average Bonchev–Trinajstić information content (AvgIpc) is 2.81. The second-order valence-corrected chi connectivity index (χ2v) is 6.12. The zero-order chi connectivity index (χ0) is 14.8. The van der Waals surface area contributed by atoms with Gasteiger partial charge in [0.15, 0.2) is 0 Å². The highest BCUT2D eigenvalue weighted by atomic mass is 79.9. The number of halogens is 4. The highest BCUT2D eigenvalue weighted by molar-refractivity contribution is 9.10. The van der Waals surface area contributed by atoms with Gasteiger partial charge in [0.25, 0.3) is 0 Å². The van der Waals surface area contributed by atoms with Crippen molar-refractivity contribution in [2.24, 2.45) is 11.8 Å². The molecule has 0 spiro atoms. The van der Waals surface area contributed by atoms with Crippen LogP contribution in [0.4, 0.5) is 13.2 Å². The van der Waals surface area contributed by atoms with Gasteiger partial charge in [0, 0.05) is 0 Å². The van der Waals surface area contributed by atoms with Crippen molar-refractivity contribution in [2.45, 2.75) is 44.8 Å². The van der Waals surface area contributed by atoms with E-state index in [1.807, 2.05) is 6.92 Å². The van der Waals surface area contributed by atoms with E-state index in [1.54, 1.807) is 6.07 Å². The maximum absolute atomic E-state index is 13.3. The van der Waals surface area contributed by atoms with E-state index in [-0.39, 0.29) is 6.42 Å². The zero-order valence-electron chi connectivity index (χ0n) is 11.3. The Balaban J connectivity index is 2.29. The van der Waals surface area contributed by atoms with Crippen molar-refractivity contribution in [2.75, 3.05) is 6.54 Å². The molecule has 0 saturated heterocycles. The molecule has 1 heterocycles. The number of hydrogen-bond donors (Lipinski definition) is 1. The summed E-state index contributed by atoms with van der Waals surface area (Å²) < 4.78 is 45.9. The van der Waals surface area contributed by atoms with E-state index >= 15 is 0 Å². The van der Waals surface area contributed by atoms with Crippen LogP contribution >= 0.6 is 15.9 Å². The summed E-state index contributed by atoms with van der Waals surface area (Å²) in [7, 11) is 0. The van der Waals surface area contributed by atoms with E-state index in [0.717, 1.165) is 10.9 Å². The van der Waals surface area contributed by atoms with Crippen molar-refractivity contribution in [1.29, 1.82) is 0 Å². The lowest BCUT2D eigenvalue weighted by atomic mass is 9.74. The summed E-state index contributed by atoms with van der Waals surface area (Å²) in [4.78, 5) is 0. The first kappa shape index (κ1) is 15.9. The van der Waals surface area contributed by atoms with Crippen molar-refractivity contribution in [3.63, 3.8) is 0 Å². The quantitative estimate of drug-likeness (QED) is 0.818. The number of hydrogen-bond acceptors (Lipinski definition) is 2. The number of nitrogens with one attached hydrogen (secondary N) is 1. The smallest absolute Gasteiger partial charge is 0.392 e. The molecule has 2 rings (SSSR count). The number of rotatable bonds is 4. The fourth-order valence-electron chi connectivity index (χ4n) is 3.15. The largest absolute Gasteiger partial charge is 0.466 e. The van der Waals surface area contributed by atoms with Crippen LogP contribution in [0, 0.1) is 11.8 Å². The van der Waals surface area contributed by atoms with E-state index < -0.39 is 24.1 Å². The van der Waals surface area contributed by atoms with Gasteiger partial charge in [-0.25, -0.2) is 0 Å². The predicted octanol–water partition coefficient (Wildman–Crippen LogP) is 5.06. The summed E-state index contributed by atoms with van der Waals surface area (Å²) >= 11 is 3.36. The molecule has 1 aromatic rings. The van der Waals surface area contributed by atoms with E-state index in [4.69, 9.17) is 4.42 Å². The molecule has 0 amide bonds. The fourth-order valence-corrected chi connectivity index (χ4v) is 3.60. The highest BCUT2D eigenvalue weighted by Crippen LogP contribution is 2.47. The fraction of sp³-hybridized carbons (Fsp3) is 0.714. The van der Waals surface area contributed by atoms with Crippen molar-refractivity contribution >= 4 is 15.9 Å². The summed E-state index contributed by atoms with van der Waals surface area (Å²) in [6, 6.07) is 1.33. The van der Waals surface area contributed by atoms with Gasteiger partial charge in [-0.1, -0.05) is 19.8 Å². The van der Waals surface area contributed by atoms with Gasteiger partial charge in [-0.15, -0.1) is 0 Å². The lowest BCUT2D eigenvalue weighted by molar-refractivity contribution is -0.200. The third-order valence-corrected chi connectivity index (χ3v) is 4.67. The first-order chi connectivity index (χ1) is 9.45. The van der Waals surface area contributed by atoms with E-state index in [9.17, 15) is 13.2 Å². The van der Waals surface area contributed by atoms with E-state index in [0.29, 0.717) is 25.1 Å². The first-order valence-electron chi connectivity index (χ1n) is 6.98. The van der Waals surface area contributed by atoms with Crippen LogP contribution in [0.25, 0.3) is 0 Å². The van der Waals surface area contributed by atoms with Crippen molar-refractivity contribution in [3.8, 4) is 0 Å². The van der Waals surface area contributed by atoms with Gasteiger partial charge in [-0.05, 0) is 47.3 Å². The molecule has 114 valence electrons. The third-order valence-electron chi connectivity index (χ3n) is 4.02. The van der Waals surface area contributed by atoms with Crippen LogP contribution in [0.15, 0.2) is 21.2 Å². The van der Waals surface area contributed by atoms with E-state index in [2.05, 4.69) is 21.2 Å². The Hall–Kier alpha value is -0.490. The zero-order valence-corrected chi connectivity index (χ0v) is 12.9. The summed E-state index contributed by atoms with van der Waals surface area (Å²) in [6.07, 6.45) is -0.341. The monoisotopic (exact) mass is 353 g/mol. The molecular weight excluding hydrogens is 335 g/mol. The Morgan fingerprint density at radius 2 is 2.10 bits per heavy atom. The molecule has 0 bridgehead atoms. The van der Waals surface area contributed by atoms with Crippen molar-refractivity contribution in [3.05, 3.63) is 22.6 Å². The lowest BCUT2D eigenvalue weighted by Crippen LogP contribution is -2.40. The maximum atomic E-state index is 13.3. The normalized spacial score (nSPS) is 25.6. The topological polar surface area (TPSA) is 25.2 Å². The van der Waals surface area contributed by atoms with Gasteiger partial charge in [-0.2, -0.15) is 13.2 Å². The molecule has 2 nitrogen and oxygen atoms in total. The molecule has 1 fully saturated rings. The molecule has 3 unspecified atom stereocenters. The highest BCUT2D eigenvalue weighted by Gasteiger charge is 2.48. The minimum atomic E-state index is -4.14. The molecule has 6 heteroatoms. The van der Waals surface area contributed by atoms with Crippen LogP contribution in [0.3, 0.4) is 0 Å². The molecule has 0 aliphatic heterocycles. The Labute approximate surface area is 125 Å². The van der Waals surface area contributed by atoms with Crippen LogP contribution in [0.2, 0.25) is 0 Å². The van der Waals surface area contributed by atoms with Crippen LogP contribution in [-0.2, 0) is 0 Å².